The van der Waals surface area contributed by atoms with Gasteiger partial charge in [-0.3, -0.25) is 9.69 Å². The normalized spacial score (nSPS) is 16.5. The molecule has 34 heavy (non-hydrogen) atoms. The Bertz CT molecular complexity index is 1060. The van der Waals surface area contributed by atoms with E-state index in [1.807, 2.05) is 27.3 Å². The monoisotopic (exact) mass is 488 g/mol. The number of ether oxygens (including phenoxy) is 2. The van der Waals surface area contributed by atoms with E-state index in [0.29, 0.717) is 24.6 Å². The van der Waals surface area contributed by atoms with E-state index in [1.165, 1.54) is 24.1 Å². The van der Waals surface area contributed by atoms with Crippen LogP contribution in [0, 0.1) is 5.82 Å². The summed E-state index contributed by atoms with van der Waals surface area (Å²) in [6.07, 6.45) is 1.63. The second-order valence-electron chi connectivity index (χ2n) is 8.28. The summed E-state index contributed by atoms with van der Waals surface area (Å²) < 4.78 is 30.0. The van der Waals surface area contributed by atoms with E-state index in [0.717, 1.165) is 12.0 Å². The Morgan fingerprint density at radius 2 is 2.24 bits per heavy atom. The van der Waals surface area contributed by atoms with Crippen LogP contribution in [0.2, 0.25) is 0 Å². The highest BCUT2D eigenvalue weighted by Gasteiger charge is 2.33. The van der Waals surface area contributed by atoms with Gasteiger partial charge in [-0.2, -0.15) is 0 Å². The molecule has 1 aliphatic heterocycles. The predicted octanol–water partition coefficient (Wildman–Crippen LogP) is 3.49. The first-order chi connectivity index (χ1) is 16.5. The Morgan fingerprint density at radius 1 is 1.35 bits per heavy atom. The van der Waals surface area contributed by atoms with E-state index < -0.39 is 6.10 Å². The van der Waals surface area contributed by atoms with Gasteiger partial charge in [0, 0.05) is 31.1 Å². The number of furan rings is 1. The van der Waals surface area contributed by atoms with Crippen LogP contribution < -0.4 is 4.74 Å². The molecule has 0 saturated heterocycles. The summed E-state index contributed by atoms with van der Waals surface area (Å²) in [5.41, 5.74) is 1.07. The number of halogens is 1. The van der Waals surface area contributed by atoms with Gasteiger partial charge < -0.3 is 23.9 Å². The second-order valence-corrected chi connectivity index (χ2v) is 9.28. The number of carbonyl (C=O) groups is 1. The Labute approximate surface area is 202 Å². The van der Waals surface area contributed by atoms with Gasteiger partial charge in [-0.1, -0.05) is 6.07 Å². The van der Waals surface area contributed by atoms with Crippen molar-refractivity contribution in [3.05, 3.63) is 76.1 Å². The van der Waals surface area contributed by atoms with Crippen LogP contribution in [0.3, 0.4) is 0 Å². The number of rotatable bonds is 11. The van der Waals surface area contributed by atoms with Crippen molar-refractivity contribution in [3.63, 3.8) is 0 Å². The molecule has 9 heteroatoms. The fourth-order valence-electron chi connectivity index (χ4n) is 4.24. The van der Waals surface area contributed by atoms with Gasteiger partial charge in [0.25, 0.3) is 0 Å². The number of aliphatic hydroxyl groups is 1. The summed E-state index contributed by atoms with van der Waals surface area (Å²) in [6, 6.07) is 11.4. The molecule has 0 spiro atoms. The van der Waals surface area contributed by atoms with Gasteiger partial charge in [-0.15, -0.1) is 11.3 Å². The highest BCUT2D eigenvalue weighted by molar-refractivity contribution is 7.10. The fourth-order valence-corrected chi connectivity index (χ4v) is 5.17. The molecule has 1 N–H and O–H groups in total. The molecule has 4 rings (SSSR count). The Kier molecular flexibility index (Phi) is 8.34. The van der Waals surface area contributed by atoms with E-state index in [1.54, 1.807) is 35.8 Å². The number of hydrogen-bond acceptors (Lipinski definition) is 7. The van der Waals surface area contributed by atoms with Crippen molar-refractivity contribution >= 4 is 17.2 Å². The quantitative estimate of drug-likeness (QED) is 0.445. The van der Waals surface area contributed by atoms with Crippen molar-refractivity contribution in [1.29, 1.82) is 0 Å². The number of amides is 1. The topological polar surface area (TPSA) is 75.4 Å². The minimum atomic E-state index is -0.732. The number of nitrogens with zero attached hydrogens (tertiary/aromatic N) is 2. The van der Waals surface area contributed by atoms with E-state index in [-0.39, 0.29) is 44.1 Å². The SMILES string of the molecule is COC[C@@H](O)CN(CC(=O)N1CCc2sccc2[C@H]1COc1cccc(F)c1)Cc1ccco1. The number of carbonyl (C=O) groups excluding carboxylic acids is 1. The zero-order valence-corrected chi connectivity index (χ0v) is 19.9. The van der Waals surface area contributed by atoms with Crippen LogP contribution in [-0.2, 0) is 22.5 Å². The third-order valence-corrected chi connectivity index (χ3v) is 6.76. The maximum Gasteiger partial charge on any atom is 0.237 e. The summed E-state index contributed by atoms with van der Waals surface area (Å²) in [6.45, 7) is 1.73. The van der Waals surface area contributed by atoms with E-state index in [4.69, 9.17) is 13.9 Å². The number of thiophene rings is 1. The molecule has 0 bridgehead atoms. The molecule has 1 amide bonds. The molecule has 0 saturated carbocycles. The summed E-state index contributed by atoms with van der Waals surface area (Å²) in [5, 5.41) is 12.3. The average molecular weight is 489 g/mol. The third kappa shape index (κ3) is 6.24. The van der Waals surface area contributed by atoms with Crippen molar-refractivity contribution in [2.24, 2.45) is 0 Å². The van der Waals surface area contributed by atoms with E-state index in [2.05, 4.69) is 0 Å². The Morgan fingerprint density at radius 3 is 3.00 bits per heavy atom. The summed E-state index contributed by atoms with van der Waals surface area (Å²) in [4.78, 5) is 18.4. The van der Waals surface area contributed by atoms with Gasteiger partial charge in [0.2, 0.25) is 5.91 Å². The first-order valence-electron chi connectivity index (χ1n) is 11.2. The lowest BCUT2D eigenvalue weighted by Crippen LogP contribution is -2.47. The first kappa shape index (κ1) is 24.4. The van der Waals surface area contributed by atoms with Crippen molar-refractivity contribution in [2.75, 3.05) is 40.0 Å². The Hall–Kier alpha value is -2.72. The molecule has 1 aliphatic rings. The molecule has 0 radical (unpaired) electrons. The van der Waals surface area contributed by atoms with Crippen LogP contribution in [0.5, 0.6) is 5.75 Å². The molecule has 7 nitrogen and oxygen atoms in total. The molecule has 3 aromatic rings. The van der Waals surface area contributed by atoms with Crippen LogP contribution in [-0.4, -0.2) is 66.9 Å². The molecule has 0 unspecified atom stereocenters. The molecular weight excluding hydrogens is 459 g/mol. The standard InChI is InChI=1S/C25H29FN2O5S/c1-31-16-19(29)13-27(14-21-6-3-10-32-21)15-25(30)28-9-7-24-22(8-11-34-24)23(28)17-33-20-5-2-4-18(26)12-20/h2-6,8,10-12,19,23,29H,7,9,13-17H2,1H3/t19-,23+/m0/s1. The number of fused-ring (bicyclic) bond motifs is 1. The number of methoxy groups -OCH3 is 1. The lowest BCUT2D eigenvalue weighted by Gasteiger charge is -2.37. The first-order valence-corrected chi connectivity index (χ1v) is 12.1. The number of benzene rings is 1. The molecule has 3 heterocycles. The summed E-state index contributed by atoms with van der Waals surface area (Å²) in [7, 11) is 1.53. The third-order valence-electron chi connectivity index (χ3n) is 5.77. The van der Waals surface area contributed by atoms with Crippen LogP contribution in [0.15, 0.2) is 58.5 Å². The number of hydrogen-bond donors (Lipinski definition) is 1. The van der Waals surface area contributed by atoms with Gasteiger partial charge in [-0.05, 0) is 47.7 Å². The molecule has 182 valence electrons. The van der Waals surface area contributed by atoms with Gasteiger partial charge in [0.15, 0.2) is 0 Å². The van der Waals surface area contributed by atoms with Crippen LogP contribution >= 0.6 is 11.3 Å². The van der Waals surface area contributed by atoms with Gasteiger partial charge >= 0.3 is 0 Å². The summed E-state index contributed by atoms with van der Waals surface area (Å²) in [5.74, 6) is 0.702. The lowest BCUT2D eigenvalue weighted by molar-refractivity contribution is -0.136. The van der Waals surface area contributed by atoms with Crippen molar-refractivity contribution in [1.82, 2.24) is 9.80 Å². The molecule has 0 fully saturated rings. The van der Waals surface area contributed by atoms with Crippen molar-refractivity contribution in [2.45, 2.75) is 25.1 Å². The second kappa shape index (κ2) is 11.6. The number of aliphatic hydroxyl groups excluding tert-OH is 1. The van der Waals surface area contributed by atoms with Crippen molar-refractivity contribution < 1.29 is 28.2 Å². The molecule has 2 atom stereocenters. The maximum absolute atomic E-state index is 13.6. The molecular formula is C25H29FN2O5S. The van der Waals surface area contributed by atoms with Gasteiger partial charge in [-0.25, -0.2) is 4.39 Å². The molecule has 1 aromatic carbocycles. The smallest absolute Gasteiger partial charge is 0.237 e. The van der Waals surface area contributed by atoms with Gasteiger partial charge in [0.1, 0.15) is 23.9 Å². The van der Waals surface area contributed by atoms with E-state index in [9.17, 15) is 14.3 Å². The minimum absolute atomic E-state index is 0.0686. The van der Waals surface area contributed by atoms with Crippen molar-refractivity contribution in [3.8, 4) is 5.75 Å². The average Bonchev–Trinajstić information content (AvgIpc) is 3.49. The highest BCUT2D eigenvalue weighted by Crippen LogP contribution is 2.34. The van der Waals surface area contributed by atoms with Crippen LogP contribution in [0.25, 0.3) is 0 Å². The van der Waals surface area contributed by atoms with E-state index >= 15 is 0 Å². The maximum atomic E-state index is 13.6. The largest absolute Gasteiger partial charge is 0.491 e. The zero-order chi connectivity index (χ0) is 23.9. The Balaban J connectivity index is 1.48. The highest BCUT2D eigenvalue weighted by atomic mass is 32.1. The molecule has 0 aliphatic carbocycles. The zero-order valence-electron chi connectivity index (χ0n) is 19.1. The molecule has 2 aromatic heterocycles. The van der Waals surface area contributed by atoms with Crippen LogP contribution in [0.1, 0.15) is 22.2 Å². The predicted molar refractivity (Wildman–Crippen MR) is 126 cm³/mol. The fraction of sp³-hybridized carbons (Fsp3) is 0.400. The minimum Gasteiger partial charge on any atom is -0.491 e. The van der Waals surface area contributed by atoms with Gasteiger partial charge in [0.05, 0.1) is 38.1 Å². The van der Waals surface area contributed by atoms with Crippen LogP contribution in [0.4, 0.5) is 4.39 Å². The lowest BCUT2D eigenvalue weighted by atomic mass is 10.0. The summed E-state index contributed by atoms with van der Waals surface area (Å²) >= 11 is 1.67.